The van der Waals surface area contributed by atoms with Crippen LogP contribution in [-0.2, 0) is 0 Å². The van der Waals surface area contributed by atoms with Crippen LogP contribution in [0.15, 0.2) is 12.7 Å². The summed E-state index contributed by atoms with van der Waals surface area (Å²) in [4.78, 5) is 0. The van der Waals surface area contributed by atoms with Gasteiger partial charge >= 0.3 is 0 Å². The Morgan fingerprint density at radius 1 is 1.70 bits per heavy atom. The van der Waals surface area contributed by atoms with Gasteiger partial charge in [-0.1, -0.05) is 6.08 Å². The summed E-state index contributed by atoms with van der Waals surface area (Å²) in [6.07, 6.45) is 6.64. The highest BCUT2D eigenvalue weighted by Crippen LogP contribution is 2.12. The van der Waals surface area contributed by atoms with Gasteiger partial charge < -0.3 is 5.32 Å². The van der Waals surface area contributed by atoms with E-state index >= 15 is 0 Å². The van der Waals surface area contributed by atoms with E-state index in [-0.39, 0.29) is 0 Å². The summed E-state index contributed by atoms with van der Waals surface area (Å²) in [5, 5.41) is 3.77. The lowest BCUT2D eigenvalue weighted by atomic mass is 10.2. The molecule has 0 aromatic carbocycles. The molecule has 0 aliphatic carbocycles. The van der Waals surface area contributed by atoms with E-state index in [4.69, 9.17) is 0 Å². The zero-order valence-electron chi connectivity index (χ0n) is 6.89. The van der Waals surface area contributed by atoms with Gasteiger partial charge in [0.05, 0.1) is 0 Å². The highest BCUT2D eigenvalue weighted by atomic mass is 32.2. The molecule has 1 N–H and O–H groups in total. The molecule has 1 nitrogen and oxygen atoms in total. The quantitative estimate of drug-likeness (QED) is 0.469. The van der Waals surface area contributed by atoms with Gasteiger partial charge in [-0.15, -0.1) is 6.58 Å². The first kappa shape index (κ1) is 10.0. The molecule has 0 saturated heterocycles. The van der Waals surface area contributed by atoms with Crippen LogP contribution in [-0.4, -0.2) is 25.1 Å². The first-order valence-electron chi connectivity index (χ1n) is 3.65. The van der Waals surface area contributed by atoms with E-state index in [1.54, 1.807) is 0 Å². The Balaban J connectivity index is 3.17. The molecule has 0 rings (SSSR count). The van der Waals surface area contributed by atoms with Gasteiger partial charge in [-0.05, 0) is 32.7 Å². The van der Waals surface area contributed by atoms with Crippen molar-refractivity contribution in [3.8, 4) is 0 Å². The molecule has 0 aromatic heterocycles. The molecule has 0 spiro atoms. The summed E-state index contributed by atoms with van der Waals surface area (Å²) >= 11 is 1.87. The Morgan fingerprint density at radius 3 is 2.80 bits per heavy atom. The summed E-state index contributed by atoms with van der Waals surface area (Å²) in [5.41, 5.74) is 0. The molecule has 10 heavy (non-hydrogen) atoms. The fraction of sp³-hybridized carbons (Fsp3) is 0.750. The van der Waals surface area contributed by atoms with Crippen LogP contribution in [0.2, 0.25) is 0 Å². The highest BCUT2D eigenvalue weighted by Gasteiger charge is 1.98. The highest BCUT2D eigenvalue weighted by molar-refractivity contribution is 7.99. The summed E-state index contributed by atoms with van der Waals surface area (Å²) in [6, 6.07) is 0. The van der Waals surface area contributed by atoms with Crippen molar-refractivity contribution >= 4 is 11.8 Å². The third-order valence-electron chi connectivity index (χ3n) is 1.48. The molecular weight excluding hydrogens is 142 g/mol. The molecule has 0 aliphatic heterocycles. The zero-order valence-corrected chi connectivity index (χ0v) is 7.71. The maximum atomic E-state index is 3.77. The monoisotopic (exact) mass is 159 g/mol. The van der Waals surface area contributed by atoms with E-state index in [2.05, 4.69) is 18.2 Å². The smallest absolute Gasteiger partial charge is 0.0222 e. The minimum absolute atomic E-state index is 0.647. The van der Waals surface area contributed by atoms with Crippen LogP contribution in [0.5, 0.6) is 0 Å². The van der Waals surface area contributed by atoms with Crippen LogP contribution in [0.1, 0.15) is 12.8 Å². The van der Waals surface area contributed by atoms with Gasteiger partial charge in [-0.25, -0.2) is 0 Å². The van der Waals surface area contributed by atoms with Crippen molar-refractivity contribution in [1.29, 1.82) is 0 Å². The molecule has 0 amide bonds. The lowest BCUT2D eigenvalue weighted by Crippen LogP contribution is -2.09. The molecule has 1 atom stereocenters. The van der Waals surface area contributed by atoms with Crippen molar-refractivity contribution in [3.05, 3.63) is 12.7 Å². The average Bonchev–Trinajstić information content (AvgIpc) is 1.99. The molecule has 0 aliphatic rings. The van der Waals surface area contributed by atoms with E-state index in [1.165, 1.54) is 12.8 Å². The van der Waals surface area contributed by atoms with Crippen LogP contribution < -0.4 is 5.32 Å². The summed E-state index contributed by atoms with van der Waals surface area (Å²) in [7, 11) is 1.99. The molecule has 0 fully saturated rings. The normalized spacial score (nSPS) is 13.0. The molecule has 2 heteroatoms. The Hall–Kier alpha value is 0.0500. The molecule has 0 bridgehead atoms. The third kappa shape index (κ3) is 4.89. The van der Waals surface area contributed by atoms with Crippen molar-refractivity contribution in [2.24, 2.45) is 0 Å². The van der Waals surface area contributed by atoms with Gasteiger partial charge in [0.1, 0.15) is 0 Å². The van der Waals surface area contributed by atoms with E-state index in [9.17, 15) is 0 Å². The third-order valence-corrected chi connectivity index (χ3v) is 2.51. The number of hydrogen-bond acceptors (Lipinski definition) is 2. The molecule has 0 aromatic rings. The maximum absolute atomic E-state index is 3.77. The first-order chi connectivity index (χ1) is 4.85. The van der Waals surface area contributed by atoms with E-state index < -0.39 is 0 Å². The van der Waals surface area contributed by atoms with Gasteiger partial charge in [0.25, 0.3) is 0 Å². The van der Waals surface area contributed by atoms with Gasteiger partial charge in [-0.3, -0.25) is 0 Å². The van der Waals surface area contributed by atoms with E-state index in [0.29, 0.717) is 5.25 Å². The van der Waals surface area contributed by atoms with Crippen molar-refractivity contribution in [1.82, 2.24) is 5.32 Å². The van der Waals surface area contributed by atoms with Crippen LogP contribution in [0.25, 0.3) is 0 Å². The lowest BCUT2D eigenvalue weighted by molar-refractivity contribution is 0.691. The number of thioether (sulfide) groups is 1. The molecule has 1 unspecified atom stereocenters. The summed E-state index contributed by atoms with van der Waals surface area (Å²) in [5.74, 6) is 0. The Bertz CT molecular complexity index is 83.3. The van der Waals surface area contributed by atoms with Crippen molar-refractivity contribution in [3.63, 3.8) is 0 Å². The van der Waals surface area contributed by atoms with Crippen molar-refractivity contribution in [2.45, 2.75) is 18.1 Å². The Kier molecular flexibility index (Phi) is 7.20. The largest absolute Gasteiger partial charge is 0.320 e. The molecular formula is C8H17NS. The SMILES string of the molecule is C=CC(CCCNC)SC. The Labute approximate surface area is 68.3 Å². The molecule has 60 valence electrons. The Morgan fingerprint density at radius 2 is 2.40 bits per heavy atom. The minimum Gasteiger partial charge on any atom is -0.320 e. The van der Waals surface area contributed by atoms with E-state index in [1.807, 2.05) is 24.9 Å². The molecule has 0 radical (unpaired) electrons. The average molecular weight is 159 g/mol. The van der Waals surface area contributed by atoms with Crippen LogP contribution in [0.3, 0.4) is 0 Å². The molecule has 0 saturated carbocycles. The van der Waals surface area contributed by atoms with E-state index in [0.717, 1.165) is 6.54 Å². The standard InChI is InChI=1S/C8H17NS/c1-4-8(10-3)6-5-7-9-2/h4,8-9H,1,5-7H2,2-3H3. The summed E-state index contributed by atoms with van der Waals surface area (Å²) in [6.45, 7) is 4.89. The topological polar surface area (TPSA) is 12.0 Å². The van der Waals surface area contributed by atoms with Crippen molar-refractivity contribution in [2.75, 3.05) is 19.8 Å². The maximum Gasteiger partial charge on any atom is 0.0222 e. The van der Waals surface area contributed by atoms with Gasteiger partial charge in [0, 0.05) is 5.25 Å². The second-order valence-electron chi connectivity index (χ2n) is 2.26. The number of hydrogen-bond donors (Lipinski definition) is 1. The first-order valence-corrected chi connectivity index (χ1v) is 4.94. The van der Waals surface area contributed by atoms with Crippen LogP contribution in [0.4, 0.5) is 0 Å². The number of rotatable bonds is 6. The predicted molar refractivity (Wildman–Crippen MR) is 50.7 cm³/mol. The number of nitrogens with one attached hydrogen (secondary N) is 1. The van der Waals surface area contributed by atoms with Gasteiger partial charge in [0.15, 0.2) is 0 Å². The van der Waals surface area contributed by atoms with Crippen LogP contribution >= 0.6 is 11.8 Å². The minimum atomic E-state index is 0.647. The molecule has 0 heterocycles. The summed E-state index contributed by atoms with van der Waals surface area (Å²) < 4.78 is 0. The van der Waals surface area contributed by atoms with Gasteiger partial charge in [0.2, 0.25) is 0 Å². The van der Waals surface area contributed by atoms with Crippen LogP contribution in [0, 0.1) is 0 Å². The predicted octanol–water partition coefficient (Wildman–Crippen LogP) is 1.90. The van der Waals surface area contributed by atoms with Crippen molar-refractivity contribution < 1.29 is 0 Å². The zero-order chi connectivity index (χ0) is 7.82. The fourth-order valence-electron chi connectivity index (χ4n) is 0.812. The second-order valence-corrected chi connectivity index (χ2v) is 3.33. The second kappa shape index (κ2) is 7.16. The lowest BCUT2D eigenvalue weighted by Gasteiger charge is -2.07. The fourth-order valence-corrected chi connectivity index (χ4v) is 1.41. The van der Waals surface area contributed by atoms with Gasteiger partial charge in [-0.2, -0.15) is 11.8 Å².